The quantitative estimate of drug-likeness (QED) is 0.424. The van der Waals surface area contributed by atoms with Crippen molar-refractivity contribution < 1.29 is 14.5 Å². The Labute approximate surface area is 94.8 Å². The van der Waals surface area contributed by atoms with Gasteiger partial charge < -0.3 is 0 Å². The van der Waals surface area contributed by atoms with Gasteiger partial charge >= 0.3 is 0 Å². The summed E-state index contributed by atoms with van der Waals surface area (Å²) in [4.78, 5) is 33.5. The van der Waals surface area contributed by atoms with Crippen LogP contribution >= 0.6 is 0 Å². The summed E-state index contributed by atoms with van der Waals surface area (Å²) in [7, 11) is 0. The van der Waals surface area contributed by atoms with E-state index in [1.54, 1.807) is 18.2 Å². The van der Waals surface area contributed by atoms with Gasteiger partial charge in [-0.05, 0) is 5.39 Å². The Morgan fingerprint density at radius 2 is 1.71 bits per heavy atom. The van der Waals surface area contributed by atoms with Crippen LogP contribution in [0.15, 0.2) is 30.3 Å². The van der Waals surface area contributed by atoms with Crippen molar-refractivity contribution in [2.24, 2.45) is 0 Å². The summed E-state index contributed by atoms with van der Waals surface area (Å²) in [6.07, 6.45) is 0. The van der Waals surface area contributed by atoms with Crippen molar-refractivity contribution in [1.29, 1.82) is 0 Å². The number of non-ortho nitro benzene ring substituents is 1. The number of rotatable bonds is 1. The third kappa shape index (κ3) is 1.13. The summed E-state index contributed by atoms with van der Waals surface area (Å²) in [5.74, 6) is -1.26. The number of Topliss-reactive ketones (excluding diaryl/α,β-unsaturated/α-hetero) is 2. The van der Waals surface area contributed by atoms with E-state index in [1.807, 2.05) is 0 Å². The molecular weight excluding hydrogens is 222 g/mol. The average Bonchev–Trinajstić information content (AvgIpc) is 2.57. The largest absolute Gasteiger partial charge is 0.285 e. The number of hydrogen-bond acceptors (Lipinski definition) is 4. The average molecular weight is 227 g/mol. The summed E-state index contributed by atoms with van der Waals surface area (Å²) in [5.41, 5.74) is 0.292. The molecule has 3 rings (SSSR count). The van der Waals surface area contributed by atoms with Crippen molar-refractivity contribution in [3.05, 3.63) is 51.6 Å². The first kappa shape index (κ1) is 9.65. The second-order valence-corrected chi connectivity index (χ2v) is 3.81. The predicted octanol–water partition coefficient (Wildman–Crippen LogP) is 2.13. The molecule has 17 heavy (non-hydrogen) atoms. The van der Waals surface area contributed by atoms with Crippen molar-refractivity contribution in [3.63, 3.8) is 0 Å². The molecule has 1 aliphatic carbocycles. The topological polar surface area (TPSA) is 77.3 Å². The minimum absolute atomic E-state index is 0.134. The number of benzene rings is 2. The molecule has 0 bridgehead atoms. The second-order valence-electron chi connectivity index (χ2n) is 3.81. The molecule has 0 N–H and O–H groups in total. The molecule has 5 heteroatoms. The minimum Gasteiger partial charge on any atom is -0.285 e. The maximum Gasteiger partial charge on any atom is 0.270 e. The zero-order valence-electron chi connectivity index (χ0n) is 8.47. The van der Waals surface area contributed by atoms with Gasteiger partial charge in [0.05, 0.1) is 4.92 Å². The lowest BCUT2D eigenvalue weighted by atomic mass is 10.0. The molecular formula is C12H5NO4. The molecule has 82 valence electrons. The van der Waals surface area contributed by atoms with Crippen molar-refractivity contribution in [2.45, 2.75) is 0 Å². The Morgan fingerprint density at radius 3 is 2.41 bits per heavy atom. The molecule has 0 aromatic heterocycles. The van der Waals surface area contributed by atoms with Gasteiger partial charge in [0.2, 0.25) is 11.6 Å². The van der Waals surface area contributed by atoms with Crippen molar-refractivity contribution >= 4 is 28.0 Å². The molecule has 5 nitrogen and oxygen atoms in total. The van der Waals surface area contributed by atoms with Crippen LogP contribution in [-0.4, -0.2) is 16.5 Å². The van der Waals surface area contributed by atoms with Crippen LogP contribution in [0.2, 0.25) is 0 Å². The van der Waals surface area contributed by atoms with E-state index in [1.165, 1.54) is 12.1 Å². The number of hydrogen-bond donors (Lipinski definition) is 0. The summed E-state index contributed by atoms with van der Waals surface area (Å²) in [6, 6.07) is 7.36. The molecule has 0 spiro atoms. The lowest BCUT2D eigenvalue weighted by Gasteiger charge is -1.99. The minimum atomic E-state index is -0.667. The molecule has 0 saturated heterocycles. The van der Waals surface area contributed by atoms with Gasteiger partial charge in [-0.3, -0.25) is 19.7 Å². The summed E-state index contributed by atoms with van der Waals surface area (Å²) in [6.45, 7) is 0. The van der Waals surface area contributed by atoms with Crippen molar-refractivity contribution in [2.75, 3.05) is 0 Å². The number of nitro groups is 1. The monoisotopic (exact) mass is 227 g/mol. The molecule has 0 atom stereocenters. The van der Waals surface area contributed by atoms with Crippen LogP contribution in [-0.2, 0) is 0 Å². The first-order chi connectivity index (χ1) is 8.09. The maximum atomic E-state index is 11.7. The SMILES string of the molecule is O=C1C(=O)c2cc([N+](=O)[O-])cc3cccc1c23. The molecule has 1 aliphatic rings. The van der Waals surface area contributed by atoms with Crippen LogP contribution in [0.1, 0.15) is 20.7 Å². The third-order valence-corrected chi connectivity index (χ3v) is 2.87. The summed E-state index contributed by atoms with van der Waals surface area (Å²) >= 11 is 0. The highest BCUT2D eigenvalue weighted by Crippen LogP contribution is 2.33. The number of carbonyl (C=O) groups is 2. The number of nitrogens with zero attached hydrogens (tertiary/aromatic N) is 1. The van der Waals surface area contributed by atoms with Gasteiger partial charge in [0.25, 0.3) is 5.69 Å². The van der Waals surface area contributed by atoms with Crippen molar-refractivity contribution in [1.82, 2.24) is 0 Å². The zero-order chi connectivity index (χ0) is 12.2. The predicted molar refractivity (Wildman–Crippen MR) is 59.3 cm³/mol. The standard InChI is InChI=1S/C12H5NO4/c14-11-8-3-1-2-6-4-7(13(16)17)5-9(10(6)8)12(11)15/h1-5H. The first-order valence-corrected chi connectivity index (χ1v) is 4.90. The van der Waals surface area contributed by atoms with Crippen LogP contribution in [0, 0.1) is 10.1 Å². The van der Waals surface area contributed by atoms with E-state index >= 15 is 0 Å². The fourth-order valence-corrected chi connectivity index (χ4v) is 2.13. The fourth-order valence-electron chi connectivity index (χ4n) is 2.13. The Hall–Kier alpha value is -2.56. The Balaban J connectivity index is 2.49. The van der Waals surface area contributed by atoms with Gasteiger partial charge in [-0.1, -0.05) is 18.2 Å². The Bertz CT molecular complexity index is 718. The molecule has 0 radical (unpaired) electrons. The first-order valence-electron chi connectivity index (χ1n) is 4.90. The van der Waals surface area contributed by atoms with E-state index in [9.17, 15) is 19.7 Å². The smallest absolute Gasteiger partial charge is 0.270 e. The van der Waals surface area contributed by atoms with Gasteiger partial charge in [-0.25, -0.2) is 0 Å². The van der Waals surface area contributed by atoms with Crippen LogP contribution in [0.25, 0.3) is 10.8 Å². The molecule has 2 aromatic rings. The molecule has 0 saturated carbocycles. The normalized spacial score (nSPS) is 13.4. The Kier molecular flexibility index (Phi) is 1.69. The molecule has 0 heterocycles. The van der Waals surface area contributed by atoms with Crippen LogP contribution in [0.5, 0.6) is 0 Å². The molecule has 0 unspecified atom stereocenters. The zero-order valence-corrected chi connectivity index (χ0v) is 8.47. The van der Waals surface area contributed by atoms with Crippen LogP contribution < -0.4 is 0 Å². The molecule has 0 fully saturated rings. The Morgan fingerprint density at radius 1 is 1.00 bits per heavy atom. The van der Waals surface area contributed by atoms with E-state index in [0.29, 0.717) is 16.3 Å². The van der Waals surface area contributed by atoms with E-state index in [4.69, 9.17) is 0 Å². The fraction of sp³-hybridized carbons (Fsp3) is 0. The molecule has 2 aromatic carbocycles. The highest BCUT2D eigenvalue weighted by atomic mass is 16.6. The highest BCUT2D eigenvalue weighted by molar-refractivity contribution is 6.57. The second kappa shape index (κ2) is 2.98. The van der Waals surface area contributed by atoms with Gasteiger partial charge in [0, 0.05) is 28.6 Å². The molecule has 0 amide bonds. The van der Waals surface area contributed by atoms with Gasteiger partial charge in [0.1, 0.15) is 0 Å². The number of nitro benzene ring substituents is 1. The molecule has 0 aliphatic heterocycles. The van der Waals surface area contributed by atoms with E-state index in [-0.39, 0.29) is 11.3 Å². The van der Waals surface area contributed by atoms with Crippen molar-refractivity contribution in [3.8, 4) is 0 Å². The lowest BCUT2D eigenvalue weighted by molar-refractivity contribution is -0.384. The summed E-state index contributed by atoms with van der Waals surface area (Å²) < 4.78 is 0. The van der Waals surface area contributed by atoms with E-state index < -0.39 is 16.5 Å². The number of ketones is 2. The van der Waals surface area contributed by atoms with Crippen LogP contribution in [0.3, 0.4) is 0 Å². The highest BCUT2D eigenvalue weighted by Gasteiger charge is 2.32. The summed E-state index contributed by atoms with van der Waals surface area (Å²) in [5, 5.41) is 11.8. The lowest BCUT2D eigenvalue weighted by Crippen LogP contribution is -2.06. The maximum absolute atomic E-state index is 11.7. The van der Waals surface area contributed by atoms with E-state index in [2.05, 4.69) is 0 Å². The van der Waals surface area contributed by atoms with Gasteiger partial charge in [-0.15, -0.1) is 0 Å². The van der Waals surface area contributed by atoms with Crippen LogP contribution in [0.4, 0.5) is 5.69 Å². The number of carbonyl (C=O) groups excluding carboxylic acids is 2. The van der Waals surface area contributed by atoms with Gasteiger partial charge in [0.15, 0.2) is 0 Å². The van der Waals surface area contributed by atoms with E-state index in [0.717, 1.165) is 0 Å². The third-order valence-electron chi connectivity index (χ3n) is 2.87. The van der Waals surface area contributed by atoms with Gasteiger partial charge in [-0.2, -0.15) is 0 Å².